The number of hydrogen-bond acceptors (Lipinski definition) is 3. The topological polar surface area (TPSA) is 15.7 Å². The number of anilines is 2. The molecule has 0 aliphatic carbocycles. The van der Waals surface area contributed by atoms with Crippen LogP contribution in [0.1, 0.15) is 33.6 Å². The summed E-state index contributed by atoms with van der Waals surface area (Å²) in [5, 5.41) is 0.733. The lowest BCUT2D eigenvalue weighted by Gasteiger charge is -2.43. The van der Waals surface area contributed by atoms with Crippen LogP contribution in [0.2, 0.25) is 5.02 Å². The minimum atomic E-state index is 0.285. The Kier molecular flexibility index (Phi) is 5.32. The molecule has 3 rings (SSSR count). The monoisotopic (exact) mass is 344 g/mol. The standard InChI is InChI=1S/C20H25ClN2O/c1-4-9-20(22(5-2)6-3)23-16-10-7-8-11-18(16)24-19-13-12-15(21)14-17(19)23/h7-8,10-14,20H,4-6,9H2,1-3H3. The van der Waals surface area contributed by atoms with Gasteiger partial charge in [0.1, 0.15) is 0 Å². The van der Waals surface area contributed by atoms with Gasteiger partial charge in [-0.3, -0.25) is 4.90 Å². The molecule has 4 heteroatoms. The molecule has 2 aromatic rings. The van der Waals surface area contributed by atoms with E-state index in [1.165, 1.54) is 0 Å². The van der Waals surface area contributed by atoms with Crippen LogP contribution in [0.5, 0.6) is 11.5 Å². The van der Waals surface area contributed by atoms with E-state index in [1.54, 1.807) is 0 Å². The lowest BCUT2D eigenvalue weighted by Crippen LogP contribution is -2.47. The summed E-state index contributed by atoms with van der Waals surface area (Å²) in [4.78, 5) is 4.90. The zero-order valence-corrected chi connectivity index (χ0v) is 15.4. The third-order valence-corrected chi connectivity index (χ3v) is 4.84. The second-order valence-corrected chi connectivity index (χ2v) is 6.48. The summed E-state index contributed by atoms with van der Waals surface area (Å²) in [6.07, 6.45) is 2.49. The Bertz CT molecular complexity index is 700. The lowest BCUT2D eigenvalue weighted by atomic mass is 10.1. The Morgan fingerprint density at radius 2 is 1.71 bits per heavy atom. The molecule has 1 atom stereocenters. The highest BCUT2D eigenvalue weighted by Crippen LogP contribution is 2.49. The first kappa shape index (κ1) is 17.1. The third kappa shape index (κ3) is 3.11. The smallest absolute Gasteiger partial charge is 0.151 e. The number of benzene rings is 2. The molecule has 24 heavy (non-hydrogen) atoms. The molecule has 0 fully saturated rings. The fourth-order valence-electron chi connectivity index (χ4n) is 3.46. The molecule has 0 saturated carbocycles. The second-order valence-electron chi connectivity index (χ2n) is 6.04. The van der Waals surface area contributed by atoms with Crippen LogP contribution >= 0.6 is 11.6 Å². The third-order valence-electron chi connectivity index (χ3n) is 4.60. The van der Waals surface area contributed by atoms with Crippen molar-refractivity contribution in [3.63, 3.8) is 0 Å². The van der Waals surface area contributed by atoms with Gasteiger partial charge in [-0.15, -0.1) is 0 Å². The first-order chi connectivity index (χ1) is 11.7. The maximum absolute atomic E-state index is 6.30. The van der Waals surface area contributed by atoms with Gasteiger partial charge in [0, 0.05) is 5.02 Å². The highest BCUT2D eigenvalue weighted by molar-refractivity contribution is 6.31. The van der Waals surface area contributed by atoms with Gasteiger partial charge in [-0.2, -0.15) is 0 Å². The Morgan fingerprint density at radius 1 is 1.00 bits per heavy atom. The average molecular weight is 345 g/mol. The number of fused-ring (bicyclic) bond motifs is 2. The Labute approximate surface area is 149 Å². The fourth-order valence-corrected chi connectivity index (χ4v) is 3.62. The van der Waals surface area contributed by atoms with Gasteiger partial charge in [0.05, 0.1) is 17.5 Å². The minimum Gasteiger partial charge on any atom is -0.453 e. The van der Waals surface area contributed by atoms with E-state index in [4.69, 9.17) is 16.3 Å². The number of rotatable bonds is 6. The predicted octanol–water partition coefficient (Wildman–Crippen LogP) is 6.05. The van der Waals surface area contributed by atoms with Gasteiger partial charge in [-0.25, -0.2) is 0 Å². The van der Waals surface area contributed by atoms with Crippen LogP contribution in [-0.4, -0.2) is 24.2 Å². The Balaban J connectivity index is 2.15. The van der Waals surface area contributed by atoms with Gasteiger partial charge in [0.2, 0.25) is 0 Å². The van der Waals surface area contributed by atoms with Crippen molar-refractivity contribution in [1.82, 2.24) is 4.90 Å². The predicted molar refractivity (Wildman–Crippen MR) is 102 cm³/mol. The highest BCUT2D eigenvalue weighted by Gasteiger charge is 2.32. The van der Waals surface area contributed by atoms with Crippen LogP contribution in [0, 0.1) is 0 Å². The van der Waals surface area contributed by atoms with Gasteiger partial charge in [-0.1, -0.05) is 50.9 Å². The summed E-state index contributed by atoms with van der Waals surface area (Å²) in [5.41, 5.74) is 2.16. The summed E-state index contributed by atoms with van der Waals surface area (Å²) >= 11 is 6.30. The van der Waals surface area contributed by atoms with Crippen LogP contribution in [0.4, 0.5) is 11.4 Å². The molecule has 2 aromatic carbocycles. The maximum Gasteiger partial charge on any atom is 0.151 e. The highest BCUT2D eigenvalue weighted by atomic mass is 35.5. The van der Waals surface area contributed by atoms with E-state index in [9.17, 15) is 0 Å². The fraction of sp³-hybridized carbons (Fsp3) is 0.400. The van der Waals surface area contributed by atoms with Crippen molar-refractivity contribution in [2.24, 2.45) is 0 Å². The van der Waals surface area contributed by atoms with E-state index in [-0.39, 0.29) is 6.17 Å². The maximum atomic E-state index is 6.30. The van der Waals surface area contributed by atoms with E-state index in [1.807, 2.05) is 30.3 Å². The molecular weight excluding hydrogens is 320 g/mol. The first-order valence-electron chi connectivity index (χ1n) is 8.79. The van der Waals surface area contributed by atoms with Crippen molar-refractivity contribution in [1.29, 1.82) is 0 Å². The summed E-state index contributed by atoms with van der Waals surface area (Å²) in [5.74, 6) is 1.77. The van der Waals surface area contributed by atoms with Crippen LogP contribution in [0.3, 0.4) is 0 Å². The normalized spacial score (nSPS) is 14.1. The van der Waals surface area contributed by atoms with Crippen LogP contribution in [-0.2, 0) is 0 Å². The molecule has 1 aliphatic rings. The number of para-hydroxylation sites is 2. The van der Waals surface area contributed by atoms with Gasteiger partial charge in [0.15, 0.2) is 11.5 Å². The molecule has 1 heterocycles. The summed E-state index contributed by atoms with van der Waals surface area (Å²) in [7, 11) is 0. The summed E-state index contributed by atoms with van der Waals surface area (Å²) < 4.78 is 6.12. The Hall–Kier alpha value is -1.71. The van der Waals surface area contributed by atoms with E-state index in [2.05, 4.69) is 42.7 Å². The zero-order chi connectivity index (χ0) is 17.1. The molecule has 0 saturated heterocycles. The van der Waals surface area contributed by atoms with Crippen LogP contribution in [0.15, 0.2) is 42.5 Å². The Morgan fingerprint density at radius 3 is 2.42 bits per heavy atom. The molecule has 128 valence electrons. The van der Waals surface area contributed by atoms with Gasteiger partial charge in [-0.05, 0) is 49.8 Å². The number of hydrogen-bond donors (Lipinski definition) is 0. The summed E-state index contributed by atoms with van der Waals surface area (Å²) in [6, 6.07) is 14.1. The molecule has 0 N–H and O–H groups in total. The van der Waals surface area contributed by atoms with E-state index >= 15 is 0 Å². The van der Waals surface area contributed by atoms with Crippen LogP contribution < -0.4 is 9.64 Å². The lowest BCUT2D eigenvalue weighted by molar-refractivity contribution is 0.206. The van der Waals surface area contributed by atoms with Crippen LogP contribution in [0.25, 0.3) is 0 Å². The van der Waals surface area contributed by atoms with E-state index < -0.39 is 0 Å². The molecular formula is C20H25ClN2O. The first-order valence-corrected chi connectivity index (χ1v) is 9.17. The van der Waals surface area contributed by atoms with Gasteiger partial charge < -0.3 is 9.64 Å². The molecule has 0 amide bonds. The van der Waals surface area contributed by atoms with Crippen molar-refractivity contribution in [2.75, 3.05) is 18.0 Å². The average Bonchev–Trinajstić information content (AvgIpc) is 2.60. The molecule has 3 nitrogen and oxygen atoms in total. The number of halogens is 1. The molecule has 0 spiro atoms. The second kappa shape index (κ2) is 7.45. The van der Waals surface area contributed by atoms with Crippen molar-refractivity contribution in [3.05, 3.63) is 47.5 Å². The van der Waals surface area contributed by atoms with E-state index in [0.717, 1.165) is 53.8 Å². The SMILES string of the molecule is CCCC(N(CC)CC)N1c2ccccc2Oc2ccc(Cl)cc21. The largest absolute Gasteiger partial charge is 0.453 e. The molecule has 0 radical (unpaired) electrons. The van der Waals surface area contributed by atoms with Crippen molar-refractivity contribution in [3.8, 4) is 11.5 Å². The van der Waals surface area contributed by atoms with Crippen molar-refractivity contribution >= 4 is 23.0 Å². The van der Waals surface area contributed by atoms with Crippen molar-refractivity contribution in [2.45, 2.75) is 39.8 Å². The molecule has 1 unspecified atom stereocenters. The van der Waals surface area contributed by atoms with Crippen molar-refractivity contribution < 1.29 is 4.74 Å². The molecule has 0 aromatic heterocycles. The minimum absolute atomic E-state index is 0.285. The summed E-state index contributed by atoms with van der Waals surface area (Å²) in [6.45, 7) is 8.70. The molecule has 0 bridgehead atoms. The molecule has 1 aliphatic heterocycles. The zero-order valence-electron chi connectivity index (χ0n) is 14.6. The van der Waals surface area contributed by atoms with E-state index in [0.29, 0.717) is 0 Å². The number of nitrogens with zero attached hydrogens (tertiary/aromatic N) is 2. The quantitative estimate of drug-likeness (QED) is 0.634. The van der Waals surface area contributed by atoms with Gasteiger partial charge in [0.25, 0.3) is 0 Å². The van der Waals surface area contributed by atoms with Gasteiger partial charge >= 0.3 is 0 Å². The number of ether oxygens (including phenoxy) is 1.